The molecule has 0 saturated heterocycles. The molecule has 2 aliphatic rings. The quantitative estimate of drug-likeness (QED) is 0.807. The first-order valence-corrected chi connectivity index (χ1v) is 10.0. The first-order chi connectivity index (χ1) is 13.9. The van der Waals surface area contributed by atoms with Crippen LogP contribution in [0.2, 0.25) is 0 Å². The van der Waals surface area contributed by atoms with Gasteiger partial charge in [-0.05, 0) is 50.8 Å². The van der Waals surface area contributed by atoms with Gasteiger partial charge in [0.15, 0.2) is 0 Å². The highest BCUT2D eigenvalue weighted by molar-refractivity contribution is 6.21. The lowest BCUT2D eigenvalue weighted by atomic mass is 9.78. The van der Waals surface area contributed by atoms with Gasteiger partial charge in [-0.15, -0.1) is 0 Å². The average Bonchev–Trinajstić information content (AvgIpc) is 2.93. The predicted octanol–water partition coefficient (Wildman–Crippen LogP) is 3.13. The van der Waals surface area contributed by atoms with E-state index in [1.807, 2.05) is 19.9 Å². The van der Waals surface area contributed by atoms with E-state index in [0.29, 0.717) is 17.1 Å². The molecule has 1 saturated carbocycles. The Labute approximate surface area is 169 Å². The number of carbonyl (C=O) groups is 3. The summed E-state index contributed by atoms with van der Waals surface area (Å²) in [6.45, 7) is 3.98. The molecule has 2 aromatic rings. The van der Waals surface area contributed by atoms with Crippen molar-refractivity contribution in [2.75, 3.05) is 11.9 Å². The molecule has 1 aromatic carbocycles. The summed E-state index contributed by atoms with van der Waals surface area (Å²) in [5.74, 6) is -0.732. The summed E-state index contributed by atoms with van der Waals surface area (Å²) in [6, 6.07) is 8.72. The van der Waals surface area contributed by atoms with Crippen LogP contribution in [0.1, 0.15) is 57.8 Å². The number of rotatable bonds is 4. The fraction of sp³-hybridized carbons (Fsp3) is 0.409. The number of benzene rings is 1. The number of imide groups is 1. The molecule has 0 spiro atoms. The highest BCUT2D eigenvalue weighted by Gasteiger charge is 2.40. The maximum absolute atomic E-state index is 13.0. The van der Waals surface area contributed by atoms with Crippen LogP contribution in [-0.2, 0) is 4.79 Å². The minimum absolute atomic E-state index is 0.0723. The lowest BCUT2D eigenvalue weighted by molar-refractivity contribution is -0.122. The van der Waals surface area contributed by atoms with E-state index in [9.17, 15) is 14.4 Å². The highest BCUT2D eigenvalue weighted by atomic mass is 16.2. The number of hydrogen-bond donors (Lipinski definition) is 1. The molecule has 1 aliphatic heterocycles. The number of nitrogens with one attached hydrogen (secondary N) is 1. The molecule has 1 fully saturated rings. The molecule has 150 valence electrons. The zero-order valence-corrected chi connectivity index (χ0v) is 16.6. The van der Waals surface area contributed by atoms with Gasteiger partial charge in [0.05, 0.1) is 11.1 Å². The number of carbonyl (C=O) groups excluding carboxylic acids is 3. The van der Waals surface area contributed by atoms with Crippen LogP contribution < -0.4 is 5.32 Å². The Morgan fingerprint density at radius 1 is 1.03 bits per heavy atom. The Hall–Kier alpha value is -3.09. The van der Waals surface area contributed by atoms with E-state index >= 15 is 0 Å². The second-order valence-corrected chi connectivity index (χ2v) is 7.88. The van der Waals surface area contributed by atoms with Gasteiger partial charge in [-0.2, -0.15) is 0 Å². The number of hydrogen-bond acceptors (Lipinski definition) is 5. The SMILES string of the molecule is Cc1cc(C)nc(NC(=O)C2CCCCC2CN2C(=O)c3ccccc3C2=O)n1. The van der Waals surface area contributed by atoms with E-state index in [1.54, 1.807) is 24.3 Å². The van der Waals surface area contributed by atoms with Crippen molar-refractivity contribution < 1.29 is 14.4 Å². The van der Waals surface area contributed by atoms with Crippen LogP contribution in [0, 0.1) is 25.7 Å². The fourth-order valence-corrected chi connectivity index (χ4v) is 4.40. The number of amides is 3. The van der Waals surface area contributed by atoms with Crippen LogP contribution in [0.5, 0.6) is 0 Å². The molecule has 3 amide bonds. The summed E-state index contributed by atoms with van der Waals surface area (Å²) in [5.41, 5.74) is 2.47. The number of aryl methyl sites for hydroxylation is 2. The third-order valence-corrected chi connectivity index (χ3v) is 5.76. The van der Waals surface area contributed by atoms with Crippen molar-refractivity contribution in [1.29, 1.82) is 0 Å². The third-order valence-electron chi connectivity index (χ3n) is 5.76. The zero-order chi connectivity index (χ0) is 20.5. The number of anilines is 1. The van der Waals surface area contributed by atoms with Crippen molar-refractivity contribution in [3.63, 3.8) is 0 Å². The van der Waals surface area contributed by atoms with Gasteiger partial charge in [0.1, 0.15) is 0 Å². The minimum atomic E-state index is -0.280. The first kappa shape index (κ1) is 19.2. The highest BCUT2D eigenvalue weighted by Crippen LogP contribution is 2.33. The van der Waals surface area contributed by atoms with Crippen LogP contribution >= 0.6 is 0 Å². The second kappa shape index (κ2) is 7.73. The summed E-state index contributed by atoms with van der Waals surface area (Å²) in [5, 5.41) is 2.84. The van der Waals surface area contributed by atoms with E-state index in [0.717, 1.165) is 37.1 Å². The van der Waals surface area contributed by atoms with Crippen LogP contribution in [0.15, 0.2) is 30.3 Å². The fourth-order valence-electron chi connectivity index (χ4n) is 4.40. The Balaban J connectivity index is 1.50. The predicted molar refractivity (Wildman–Crippen MR) is 107 cm³/mol. The number of aromatic nitrogens is 2. The maximum Gasteiger partial charge on any atom is 0.261 e. The molecule has 2 heterocycles. The topological polar surface area (TPSA) is 92.3 Å². The molecular formula is C22H24N4O3. The molecule has 1 N–H and O–H groups in total. The van der Waals surface area contributed by atoms with Gasteiger partial charge < -0.3 is 0 Å². The summed E-state index contributed by atoms with van der Waals surface area (Å²) in [4.78, 5) is 48.3. The van der Waals surface area contributed by atoms with Crippen molar-refractivity contribution >= 4 is 23.7 Å². The third kappa shape index (κ3) is 3.77. The maximum atomic E-state index is 13.0. The molecule has 29 heavy (non-hydrogen) atoms. The summed E-state index contributed by atoms with van der Waals surface area (Å²) in [6.07, 6.45) is 3.46. The van der Waals surface area contributed by atoms with Crippen molar-refractivity contribution in [2.24, 2.45) is 11.8 Å². The van der Waals surface area contributed by atoms with E-state index in [4.69, 9.17) is 0 Å². The van der Waals surface area contributed by atoms with E-state index in [-0.39, 0.29) is 36.1 Å². The van der Waals surface area contributed by atoms with Gasteiger partial charge >= 0.3 is 0 Å². The molecule has 7 nitrogen and oxygen atoms in total. The smallest absolute Gasteiger partial charge is 0.261 e. The Kier molecular flexibility index (Phi) is 5.13. The van der Waals surface area contributed by atoms with Crippen LogP contribution in [0.3, 0.4) is 0 Å². The molecule has 1 aromatic heterocycles. The second-order valence-electron chi connectivity index (χ2n) is 7.88. The molecular weight excluding hydrogens is 368 g/mol. The minimum Gasteiger partial charge on any atom is -0.294 e. The van der Waals surface area contributed by atoms with Gasteiger partial charge in [0.25, 0.3) is 11.8 Å². The largest absolute Gasteiger partial charge is 0.294 e. The van der Waals surface area contributed by atoms with Crippen molar-refractivity contribution in [1.82, 2.24) is 14.9 Å². The average molecular weight is 392 g/mol. The lowest BCUT2D eigenvalue weighted by Crippen LogP contribution is -2.41. The molecule has 2 atom stereocenters. The van der Waals surface area contributed by atoms with Crippen LogP contribution in [0.4, 0.5) is 5.95 Å². The Morgan fingerprint density at radius 3 is 2.24 bits per heavy atom. The van der Waals surface area contributed by atoms with Gasteiger partial charge in [-0.25, -0.2) is 9.97 Å². The molecule has 4 rings (SSSR count). The number of nitrogens with zero attached hydrogens (tertiary/aromatic N) is 3. The molecule has 0 bridgehead atoms. The molecule has 1 aliphatic carbocycles. The monoisotopic (exact) mass is 392 g/mol. The van der Waals surface area contributed by atoms with Crippen LogP contribution in [-0.4, -0.2) is 39.1 Å². The van der Waals surface area contributed by atoms with Crippen molar-refractivity contribution in [3.05, 3.63) is 52.8 Å². The van der Waals surface area contributed by atoms with E-state index < -0.39 is 0 Å². The van der Waals surface area contributed by atoms with Crippen LogP contribution in [0.25, 0.3) is 0 Å². The summed E-state index contributed by atoms with van der Waals surface area (Å²) < 4.78 is 0. The van der Waals surface area contributed by atoms with E-state index in [1.165, 1.54) is 4.90 Å². The number of fused-ring (bicyclic) bond motifs is 1. The Bertz CT molecular complexity index is 933. The van der Waals surface area contributed by atoms with Gasteiger partial charge in [-0.3, -0.25) is 24.6 Å². The van der Waals surface area contributed by atoms with E-state index in [2.05, 4.69) is 15.3 Å². The normalized spacial score (nSPS) is 21.2. The standard InChI is InChI=1S/C22H24N4O3/c1-13-11-14(2)24-22(23-13)25-19(27)16-8-4-3-7-15(16)12-26-20(28)17-9-5-6-10-18(17)21(26)29/h5-6,9-11,15-16H,3-4,7-8,12H2,1-2H3,(H,23,24,25,27). The summed E-state index contributed by atoms with van der Waals surface area (Å²) in [7, 11) is 0. The Morgan fingerprint density at radius 2 is 1.62 bits per heavy atom. The van der Waals surface area contributed by atoms with Gasteiger partial charge in [0, 0.05) is 23.9 Å². The lowest BCUT2D eigenvalue weighted by Gasteiger charge is -2.32. The molecule has 2 unspecified atom stereocenters. The molecule has 0 radical (unpaired) electrons. The van der Waals surface area contributed by atoms with Crippen molar-refractivity contribution in [3.8, 4) is 0 Å². The van der Waals surface area contributed by atoms with Crippen molar-refractivity contribution in [2.45, 2.75) is 39.5 Å². The van der Waals surface area contributed by atoms with Gasteiger partial charge in [0.2, 0.25) is 11.9 Å². The summed E-state index contributed by atoms with van der Waals surface area (Å²) >= 11 is 0. The zero-order valence-electron chi connectivity index (χ0n) is 16.6. The van der Waals surface area contributed by atoms with Gasteiger partial charge in [-0.1, -0.05) is 25.0 Å². The first-order valence-electron chi connectivity index (χ1n) is 10.0. The molecule has 7 heteroatoms.